The fourth-order valence-electron chi connectivity index (χ4n) is 1.57. The highest BCUT2D eigenvalue weighted by Crippen LogP contribution is 2.28. The molecule has 0 bridgehead atoms. The van der Waals surface area contributed by atoms with Crippen molar-refractivity contribution in [2.75, 3.05) is 6.61 Å². The van der Waals surface area contributed by atoms with Gasteiger partial charge in [0.2, 0.25) is 0 Å². The number of hydrogen-bond acceptors (Lipinski definition) is 4. The first kappa shape index (κ1) is 11.2. The first-order chi connectivity index (χ1) is 8.11. The summed E-state index contributed by atoms with van der Waals surface area (Å²) in [7, 11) is 0. The molecule has 0 radical (unpaired) electrons. The van der Waals surface area contributed by atoms with Crippen LogP contribution in [0.4, 0.5) is 0 Å². The highest BCUT2D eigenvalue weighted by atomic mass is 16.5. The van der Waals surface area contributed by atoms with E-state index >= 15 is 0 Å². The van der Waals surface area contributed by atoms with Crippen LogP contribution in [0.15, 0.2) is 24.3 Å². The molecule has 1 heterocycles. The second kappa shape index (κ2) is 4.29. The number of carbonyl (C=O) groups is 1. The van der Waals surface area contributed by atoms with Crippen molar-refractivity contribution in [3.63, 3.8) is 0 Å². The molecule has 88 valence electrons. The predicted octanol–water partition coefficient (Wildman–Crippen LogP) is 2.04. The lowest BCUT2D eigenvalue weighted by Crippen LogP contribution is -2.02. The zero-order valence-corrected chi connectivity index (χ0v) is 9.17. The van der Waals surface area contributed by atoms with E-state index in [1.54, 1.807) is 13.0 Å². The summed E-state index contributed by atoms with van der Waals surface area (Å²) in [5, 5.41) is 18.9. The molecular formula is C12H11NO4. The van der Waals surface area contributed by atoms with Crippen LogP contribution in [0, 0.1) is 0 Å². The Morgan fingerprint density at radius 2 is 2.18 bits per heavy atom. The van der Waals surface area contributed by atoms with Gasteiger partial charge >= 0.3 is 5.97 Å². The molecule has 2 N–H and O–H groups in total. The van der Waals surface area contributed by atoms with Gasteiger partial charge in [-0.25, -0.2) is 9.78 Å². The van der Waals surface area contributed by atoms with E-state index in [0.717, 1.165) is 0 Å². The first-order valence-electron chi connectivity index (χ1n) is 5.11. The van der Waals surface area contributed by atoms with Crippen molar-refractivity contribution in [3.05, 3.63) is 30.0 Å². The molecule has 5 heteroatoms. The van der Waals surface area contributed by atoms with E-state index in [4.69, 9.17) is 9.84 Å². The Kier molecular flexibility index (Phi) is 2.82. The molecule has 0 saturated carbocycles. The van der Waals surface area contributed by atoms with E-state index in [2.05, 4.69) is 4.98 Å². The molecule has 0 aliphatic heterocycles. The Hall–Kier alpha value is -2.30. The Morgan fingerprint density at radius 3 is 2.82 bits per heavy atom. The van der Waals surface area contributed by atoms with Gasteiger partial charge in [0, 0.05) is 11.5 Å². The number of carboxylic acid groups (broad SMARTS) is 1. The van der Waals surface area contributed by atoms with Crippen LogP contribution in [0.1, 0.15) is 17.4 Å². The maximum absolute atomic E-state index is 10.9. The summed E-state index contributed by atoms with van der Waals surface area (Å²) in [6, 6.07) is 5.86. The summed E-state index contributed by atoms with van der Waals surface area (Å²) < 4.78 is 5.35. The van der Waals surface area contributed by atoms with Gasteiger partial charge in [-0.05, 0) is 25.1 Å². The van der Waals surface area contributed by atoms with E-state index in [0.29, 0.717) is 23.3 Å². The topological polar surface area (TPSA) is 79.7 Å². The zero-order valence-electron chi connectivity index (χ0n) is 9.17. The van der Waals surface area contributed by atoms with E-state index in [1.165, 1.54) is 18.2 Å². The molecule has 0 saturated heterocycles. The average molecular weight is 233 g/mol. The maximum Gasteiger partial charge on any atom is 0.354 e. The van der Waals surface area contributed by atoms with E-state index < -0.39 is 5.97 Å². The second-order valence-corrected chi connectivity index (χ2v) is 3.45. The molecule has 17 heavy (non-hydrogen) atoms. The molecule has 2 aromatic rings. The number of ether oxygens (including phenoxy) is 1. The fourth-order valence-corrected chi connectivity index (χ4v) is 1.57. The monoisotopic (exact) mass is 233 g/mol. The number of aromatic hydroxyl groups is 1. The third-order valence-corrected chi connectivity index (χ3v) is 2.27. The third kappa shape index (κ3) is 2.13. The van der Waals surface area contributed by atoms with Crippen molar-refractivity contribution in [2.45, 2.75) is 6.92 Å². The number of phenols is 1. The number of aromatic carboxylic acids is 1. The minimum atomic E-state index is -1.11. The van der Waals surface area contributed by atoms with Gasteiger partial charge in [-0.3, -0.25) is 0 Å². The van der Waals surface area contributed by atoms with Gasteiger partial charge in [-0.1, -0.05) is 0 Å². The molecule has 0 atom stereocenters. The SMILES string of the molecule is CCOc1cc(C(=O)O)nc2ccc(O)cc12. The lowest BCUT2D eigenvalue weighted by atomic mass is 10.1. The summed E-state index contributed by atoms with van der Waals surface area (Å²) in [4.78, 5) is 14.9. The van der Waals surface area contributed by atoms with Crippen LogP contribution in [0.2, 0.25) is 0 Å². The molecular weight excluding hydrogens is 222 g/mol. The molecule has 2 rings (SSSR count). The fraction of sp³-hybridized carbons (Fsp3) is 0.167. The van der Waals surface area contributed by atoms with E-state index in [-0.39, 0.29) is 11.4 Å². The highest BCUT2D eigenvalue weighted by molar-refractivity contribution is 5.93. The normalized spacial score (nSPS) is 10.4. The number of fused-ring (bicyclic) bond motifs is 1. The molecule has 1 aromatic heterocycles. The highest BCUT2D eigenvalue weighted by Gasteiger charge is 2.12. The standard InChI is InChI=1S/C12H11NO4/c1-2-17-11-6-10(12(15)16)13-9-4-3-7(14)5-8(9)11/h3-6,14H,2H2,1H3,(H,15,16). The van der Waals surface area contributed by atoms with Gasteiger partial charge in [-0.15, -0.1) is 0 Å². The lowest BCUT2D eigenvalue weighted by molar-refractivity contribution is 0.0690. The largest absolute Gasteiger partial charge is 0.508 e. The average Bonchev–Trinajstić information content (AvgIpc) is 2.29. The summed E-state index contributed by atoms with van der Waals surface area (Å²) in [5.41, 5.74) is 0.401. The number of benzene rings is 1. The van der Waals surface area contributed by atoms with Crippen molar-refractivity contribution in [1.82, 2.24) is 4.98 Å². The van der Waals surface area contributed by atoms with Crippen molar-refractivity contribution >= 4 is 16.9 Å². The van der Waals surface area contributed by atoms with Crippen LogP contribution in [-0.4, -0.2) is 27.8 Å². The third-order valence-electron chi connectivity index (χ3n) is 2.27. The Labute approximate surface area is 97.3 Å². The number of nitrogens with zero attached hydrogens (tertiary/aromatic N) is 1. The summed E-state index contributed by atoms with van der Waals surface area (Å²) in [6.45, 7) is 2.21. The molecule has 0 amide bonds. The van der Waals surface area contributed by atoms with Crippen molar-refractivity contribution < 1.29 is 19.7 Å². The first-order valence-corrected chi connectivity index (χ1v) is 5.11. The molecule has 5 nitrogen and oxygen atoms in total. The number of aromatic nitrogens is 1. The number of hydrogen-bond donors (Lipinski definition) is 2. The number of phenolic OH excluding ortho intramolecular Hbond substituents is 1. The van der Waals surface area contributed by atoms with Gasteiger partial charge in [0.05, 0.1) is 12.1 Å². The Morgan fingerprint density at radius 1 is 1.41 bits per heavy atom. The van der Waals surface area contributed by atoms with Crippen LogP contribution in [0.3, 0.4) is 0 Å². The minimum Gasteiger partial charge on any atom is -0.508 e. The van der Waals surface area contributed by atoms with Gasteiger partial charge < -0.3 is 14.9 Å². The minimum absolute atomic E-state index is 0.0772. The van der Waals surface area contributed by atoms with Crippen molar-refractivity contribution in [3.8, 4) is 11.5 Å². The number of rotatable bonds is 3. The molecule has 0 spiro atoms. The number of pyridine rings is 1. The summed E-state index contributed by atoms with van der Waals surface area (Å²) in [6.07, 6.45) is 0. The van der Waals surface area contributed by atoms with Gasteiger partial charge in [0.15, 0.2) is 5.69 Å². The smallest absolute Gasteiger partial charge is 0.354 e. The van der Waals surface area contributed by atoms with Gasteiger partial charge in [0.25, 0.3) is 0 Å². The van der Waals surface area contributed by atoms with E-state index in [9.17, 15) is 9.90 Å². The van der Waals surface area contributed by atoms with Crippen LogP contribution in [-0.2, 0) is 0 Å². The quantitative estimate of drug-likeness (QED) is 0.847. The van der Waals surface area contributed by atoms with Crippen LogP contribution in [0.5, 0.6) is 11.5 Å². The Bertz CT molecular complexity index is 580. The molecule has 0 fully saturated rings. The van der Waals surface area contributed by atoms with Gasteiger partial charge in [0.1, 0.15) is 11.5 Å². The number of carboxylic acids is 1. The van der Waals surface area contributed by atoms with Crippen molar-refractivity contribution in [2.24, 2.45) is 0 Å². The zero-order chi connectivity index (χ0) is 12.4. The van der Waals surface area contributed by atoms with Crippen LogP contribution >= 0.6 is 0 Å². The van der Waals surface area contributed by atoms with Crippen LogP contribution in [0.25, 0.3) is 10.9 Å². The van der Waals surface area contributed by atoms with E-state index in [1.807, 2.05) is 0 Å². The van der Waals surface area contributed by atoms with Crippen molar-refractivity contribution in [1.29, 1.82) is 0 Å². The maximum atomic E-state index is 10.9. The summed E-state index contributed by atoms with van der Waals surface area (Å²) in [5.74, 6) is -0.616. The molecule has 0 aliphatic rings. The predicted molar refractivity (Wildman–Crippen MR) is 61.5 cm³/mol. The lowest BCUT2D eigenvalue weighted by Gasteiger charge is -2.08. The summed E-state index contributed by atoms with van der Waals surface area (Å²) >= 11 is 0. The molecule has 1 aromatic carbocycles. The van der Waals surface area contributed by atoms with Crippen LogP contribution < -0.4 is 4.74 Å². The van der Waals surface area contributed by atoms with Gasteiger partial charge in [-0.2, -0.15) is 0 Å². The molecule has 0 unspecified atom stereocenters. The Balaban J connectivity index is 2.71. The molecule has 0 aliphatic carbocycles. The second-order valence-electron chi connectivity index (χ2n) is 3.45.